The summed E-state index contributed by atoms with van der Waals surface area (Å²) in [5, 5.41) is 11.9. The number of nitrogens with zero attached hydrogens (tertiary/aromatic N) is 1. The molecule has 19 heavy (non-hydrogen) atoms. The van der Waals surface area contributed by atoms with E-state index in [1.54, 1.807) is 6.92 Å². The molecule has 0 bridgehead atoms. The van der Waals surface area contributed by atoms with Crippen LogP contribution < -0.4 is 5.32 Å². The Kier molecular flexibility index (Phi) is 3.50. The molecule has 0 radical (unpaired) electrons. The van der Waals surface area contributed by atoms with Crippen LogP contribution in [-0.4, -0.2) is 28.0 Å². The molecule has 0 saturated heterocycles. The van der Waals surface area contributed by atoms with Gasteiger partial charge in [-0.3, -0.25) is 9.59 Å². The molecule has 0 aliphatic heterocycles. The molecule has 1 aromatic rings. The van der Waals surface area contributed by atoms with Crippen LogP contribution in [0.2, 0.25) is 0 Å². The number of carboxylic acids is 1. The Hall–Kier alpha value is -1.98. The van der Waals surface area contributed by atoms with E-state index >= 15 is 0 Å². The maximum Gasteiger partial charge on any atom is 0.311 e. The fraction of sp³-hybridized carbons (Fsp3) is 0.462. The quantitative estimate of drug-likeness (QED) is 0.814. The lowest BCUT2D eigenvalue weighted by molar-refractivity contribution is -0.148. The zero-order chi connectivity index (χ0) is 14.0. The Morgan fingerprint density at radius 3 is 2.95 bits per heavy atom. The molecule has 2 N–H and O–H groups in total. The van der Waals surface area contributed by atoms with E-state index in [1.165, 1.54) is 18.3 Å². The highest BCUT2D eigenvalue weighted by Crippen LogP contribution is 2.38. The van der Waals surface area contributed by atoms with Crippen LogP contribution in [-0.2, 0) is 4.79 Å². The van der Waals surface area contributed by atoms with Crippen molar-refractivity contribution < 1.29 is 19.1 Å². The smallest absolute Gasteiger partial charge is 0.311 e. The summed E-state index contributed by atoms with van der Waals surface area (Å²) in [6, 6.07) is 2.30. The van der Waals surface area contributed by atoms with Crippen molar-refractivity contribution in [3.05, 3.63) is 29.8 Å². The van der Waals surface area contributed by atoms with Gasteiger partial charge in [0, 0.05) is 12.2 Å². The molecule has 0 spiro atoms. The number of carbonyl (C=O) groups excluding carboxylic acids is 1. The molecule has 1 aliphatic carbocycles. The average Bonchev–Trinajstić information content (AvgIpc) is 2.73. The van der Waals surface area contributed by atoms with Gasteiger partial charge in [-0.2, -0.15) is 4.39 Å². The van der Waals surface area contributed by atoms with Gasteiger partial charge in [-0.25, -0.2) is 4.98 Å². The summed E-state index contributed by atoms with van der Waals surface area (Å²) in [6.07, 6.45) is 3.06. The van der Waals surface area contributed by atoms with Gasteiger partial charge in [-0.15, -0.1) is 0 Å². The molecule has 6 heteroatoms. The van der Waals surface area contributed by atoms with Gasteiger partial charge in [0.15, 0.2) is 0 Å². The van der Waals surface area contributed by atoms with E-state index in [-0.39, 0.29) is 5.56 Å². The summed E-state index contributed by atoms with van der Waals surface area (Å²) < 4.78 is 13.4. The number of pyridine rings is 1. The normalized spacial score (nSPS) is 26.1. The van der Waals surface area contributed by atoms with Crippen LogP contribution in [0, 0.1) is 11.4 Å². The molecule has 0 aromatic carbocycles. The van der Waals surface area contributed by atoms with Gasteiger partial charge in [0.2, 0.25) is 5.95 Å². The number of carboxylic acid groups (broad SMARTS) is 1. The van der Waals surface area contributed by atoms with Gasteiger partial charge in [0.25, 0.3) is 5.91 Å². The third-order valence-electron chi connectivity index (χ3n) is 3.76. The van der Waals surface area contributed by atoms with Crippen LogP contribution in [0.15, 0.2) is 18.3 Å². The molecule has 1 aliphatic rings. The molecular formula is C13H15FN2O3. The highest BCUT2D eigenvalue weighted by molar-refractivity contribution is 5.94. The van der Waals surface area contributed by atoms with Gasteiger partial charge in [-0.1, -0.05) is 6.42 Å². The van der Waals surface area contributed by atoms with Crippen molar-refractivity contribution in [2.24, 2.45) is 5.41 Å². The second kappa shape index (κ2) is 4.95. The molecule has 1 fully saturated rings. The molecule has 1 saturated carbocycles. The zero-order valence-corrected chi connectivity index (χ0v) is 10.5. The summed E-state index contributed by atoms with van der Waals surface area (Å²) in [4.78, 5) is 26.6. The van der Waals surface area contributed by atoms with Crippen LogP contribution in [0.3, 0.4) is 0 Å². The molecule has 1 aromatic heterocycles. The van der Waals surface area contributed by atoms with Gasteiger partial charge in [-0.05, 0) is 31.9 Å². The first-order chi connectivity index (χ1) is 8.95. The topological polar surface area (TPSA) is 79.3 Å². The van der Waals surface area contributed by atoms with E-state index in [9.17, 15) is 19.1 Å². The van der Waals surface area contributed by atoms with Gasteiger partial charge in [0.1, 0.15) is 0 Å². The first-order valence-corrected chi connectivity index (χ1v) is 6.10. The summed E-state index contributed by atoms with van der Waals surface area (Å²) in [5.41, 5.74) is -1.16. The van der Waals surface area contributed by atoms with Crippen molar-refractivity contribution in [1.82, 2.24) is 10.3 Å². The molecule has 1 amide bonds. The first-order valence-electron chi connectivity index (χ1n) is 6.10. The van der Waals surface area contributed by atoms with Gasteiger partial charge in [0.05, 0.1) is 11.0 Å². The lowest BCUT2D eigenvalue weighted by Crippen LogP contribution is -2.47. The molecule has 1 heterocycles. The minimum atomic E-state index is -0.992. The van der Waals surface area contributed by atoms with Crippen LogP contribution in [0.25, 0.3) is 0 Å². The number of halogens is 1. The number of amides is 1. The van der Waals surface area contributed by atoms with Crippen LogP contribution >= 0.6 is 0 Å². The SMILES string of the molecule is CC1(C(=O)O)CCCC1NC(=O)c1cccnc1F. The number of rotatable bonds is 3. The van der Waals surface area contributed by atoms with Crippen molar-refractivity contribution in [3.63, 3.8) is 0 Å². The van der Waals surface area contributed by atoms with Crippen LogP contribution in [0.4, 0.5) is 4.39 Å². The van der Waals surface area contributed by atoms with Crippen molar-refractivity contribution in [2.75, 3.05) is 0 Å². The molecule has 2 rings (SSSR count). The fourth-order valence-corrected chi connectivity index (χ4v) is 2.45. The zero-order valence-electron chi connectivity index (χ0n) is 10.5. The van der Waals surface area contributed by atoms with E-state index in [4.69, 9.17) is 0 Å². The average molecular weight is 266 g/mol. The fourth-order valence-electron chi connectivity index (χ4n) is 2.45. The van der Waals surface area contributed by atoms with Crippen molar-refractivity contribution in [3.8, 4) is 0 Å². The van der Waals surface area contributed by atoms with E-state index in [0.717, 1.165) is 6.42 Å². The first kappa shape index (κ1) is 13.5. The van der Waals surface area contributed by atoms with E-state index in [1.807, 2.05) is 0 Å². The number of aromatic nitrogens is 1. The molecule has 102 valence electrons. The highest BCUT2D eigenvalue weighted by Gasteiger charge is 2.46. The van der Waals surface area contributed by atoms with Crippen molar-refractivity contribution in [1.29, 1.82) is 0 Å². The lowest BCUT2D eigenvalue weighted by Gasteiger charge is -2.27. The highest BCUT2D eigenvalue weighted by atomic mass is 19.1. The largest absolute Gasteiger partial charge is 0.481 e. The second-order valence-corrected chi connectivity index (χ2v) is 4.98. The van der Waals surface area contributed by atoms with Crippen LogP contribution in [0.5, 0.6) is 0 Å². The standard InChI is InChI=1S/C13H15FN2O3/c1-13(12(18)19)6-2-5-9(13)16-11(17)8-4-3-7-15-10(8)14/h3-4,7,9H,2,5-6H2,1H3,(H,16,17)(H,18,19). The predicted octanol–water partition coefficient (Wildman–Crippen LogP) is 1.59. The van der Waals surface area contributed by atoms with E-state index in [2.05, 4.69) is 10.3 Å². The summed E-state index contributed by atoms with van der Waals surface area (Å²) >= 11 is 0. The molecular weight excluding hydrogens is 251 g/mol. The van der Waals surface area contributed by atoms with Gasteiger partial charge < -0.3 is 10.4 Å². The molecule has 2 unspecified atom stereocenters. The Morgan fingerprint density at radius 2 is 2.32 bits per heavy atom. The monoisotopic (exact) mass is 266 g/mol. The second-order valence-electron chi connectivity index (χ2n) is 4.98. The third kappa shape index (κ3) is 2.43. The maximum absolute atomic E-state index is 13.4. The summed E-state index contributed by atoms with van der Waals surface area (Å²) in [7, 11) is 0. The predicted molar refractivity (Wildman–Crippen MR) is 65.0 cm³/mol. The Labute approximate surface area is 109 Å². The number of carbonyl (C=O) groups is 2. The lowest BCUT2D eigenvalue weighted by atomic mass is 9.85. The van der Waals surface area contributed by atoms with E-state index in [0.29, 0.717) is 12.8 Å². The summed E-state index contributed by atoms with van der Waals surface area (Å²) in [6.45, 7) is 1.60. The van der Waals surface area contributed by atoms with E-state index < -0.39 is 29.3 Å². The number of nitrogens with one attached hydrogen (secondary N) is 1. The number of hydrogen-bond acceptors (Lipinski definition) is 3. The van der Waals surface area contributed by atoms with Gasteiger partial charge >= 0.3 is 5.97 Å². The minimum absolute atomic E-state index is 0.165. The molecule has 2 atom stereocenters. The minimum Gasteiger partial charge on any atom is -0.481 e. The number of hydrogen-bond donors (Lipinski definition) is 2. The number of aliphatic carboxylic acids is 1. The molecule has 5 nitrogen and oxygen atoms in total. The Balaban J connectivity index is 2.16. The summed E-state index contributed by atoms with van der Waals surface area (Å²) in [5.74, 6) is -2.41. The van der Waals surface area contributed by atoms with Crippen molar-refractivity contribution in [2.45, 2.75) is 32.2 Å². The Bertz CT molecular complexity index is 520. The maximum atomic E-state index is 13.4. The third-order valence-corrected chi connectivity index (χ3v) is 3.76. The van der Waals surface area contributed by atoms with Crippen LogP contribution in [0.1, 0.15) is 36.5 Å². The van der Waals surface area contributed by atoms with Crippen molar-refractivity contribution >= 4 is 11.9 Å². The Morgan fingerprint density at radius 1 is 1.58 bits per heavy atom.